The number of nitrogens with zero attached hydrogens (tertiary/aromatic N) is 3. The highest BCUT2D eigenvalue weighted by Gasteiger charge is 2.09. The number of benzene rings is 1. The van der Waals surface area contributed by atoms with E-state index in [9.17, 15) is 4.79 Å². The van der Waals surface area contributed by atoms with Crippen LogP contribution < -0.4 is 16.1 Å². The van der Waals surface area contributed by atoms with E-state index in [1.54, 1.807) is 18.3 Å². The molecule has 6 nitrogen and oxygen atoms in total. The quantitative estimate of drug-likeness (QED) is 0.719. The normalized spacial score (nSPS) is 10.6. The first-order valence-corrected chi connectivity index (χ1v) is 6.05. The zero-order valence-corrected chi connectivity index (χ0v) is 10.6. The van der Waals surface area contributed by atoms with Gasteiger partial charge in [0.05, 0.1) is 5.39 Å². The highest BCUT2D eigenvalue weighted by molar-refractivity contribution is 5.72. The maximum Gasteiger partial charge on any atom is 0.281 e. The Morgan fingerprint density at radius 2 is 1.95 bits per heavy atom. The highest BCUT2D eigenvalue weighted by Crippen LogP contribution is 2.11. The molecule has 0 fully saturated rings. The molecule has 6 heteroatoms. The number of hydrogen-bond acceptors (Lipinski definition) is 5. The molecule has 0 aliphatic heterocycles. The van der Waals surface area contributed by atoms with Crippen LogP contribution in [0.2, 0.25) is 0 Å². The van der Waals surface area contributed by atoms with Crippen molar-refractivity contribution in [1.82, 2.24) is 14.6 Å². The number of ether oxygens (including phenoxy) is 1. The van der Waals surface area contributed by atoms with Crippen molar-refractivity contribution in [2.24, 2.45) is 0 Å². The molecular formula is C14H12N4O2. The fraction of sp³-hybridized carbons (Fsp3) is 0.0714. The van der Waals surface area contributed by atoms with Gasteiger partial charge in [-0.2, -0.15) is 0 Å². The average Bonchev–Trinajstić information content (AvgIpc) is 2.50. The molecule has 0 atom stereocenters. The summed E-state index contributed by atoms with van der Waals surface area (Å²) in [6.45, 7) is 0.0995. The minimum atomic E-state index is -0.338. The first-order chi connectivity index (χ1) is 9.75. The Morgan fingerprint density at radius 1 is 1.15 bits per heavy atom. The minimum Gasteiger partial charge on any atom is -0.486 e. The number of hydrogen-bond donors (Lipinski definition) is 1. The molecule has 100 valence electrons. The lowest BCUT2D eigenvalue weighted by Crippen LogP contribution is -2.32. The van der Waals surface area contributed by atoms with Gasteiger partial charge in [-0.25, -0.2) is 14.6 Å². The molecule has 2 aromatic heterocycles. The summed E-state index contributed by atoms with van der Waals surface area (Å²) in [4.78, 5) is 20.4. The van der Waals surface area contributed by atoms with Crippen LogP contribution in [0.15, 0.2) is 53.5 Å². The fourth-order valence-electron chi connectivity index (χ4n) is 1.84. The van der Waals surface area contributed by atoms with Gasteiger partial charge in [0.2, 0.25) is 0 Å². The van der Waals surface area contributed by atoms with Crippen molar-refractivity contribution in [2.75, 3.05) is 5.84 Å². The smallest absolute Gasteiger partial charge is 0.281 e. The van der Waals surface area contributed by atoms with Crippen molar-refractivity contribution < 1.29 is 4.74 Å². The summed E-state index contributed by atoms with van der Waals surface area (Å²) in [6, 6.07) is 12.6. The second-order valence-corrected chi connectivity index (χ2v) is 4.18. The number of rotatable bonds is 3. The Hall–Kier alpha value is -2.89. The van der Waals surface area contributed by atoms with Crippen LogP contribution in [0.4, 0.5) is 0 Å². The van der Waals surface area contributed by atoms with Gasteiger partial charge in [0.25, 0.3) is 5.56 Å². The second-order valence-electron chi connectivity index (χ2n) is 4.18. The van der Waals surface area contributed by atoms with Crippen LogP contribution in [-0.2, 0) is 6.61 Å². The molecule has 3 aromatic rings. The molecule has 3 rings (SSSR count). The monoisotopic (exact) mass is 268 g/mol. The number of para-hydroxylation sites is 1. The largest absolute Gasteiger partial charge is 0.486 e. The Kier molecular flexibility index (Phi) is 3.04. The van der Waals surface area contributed by atoms with Gasteiger partial charge in [0.1, 0.15) is 12.4 Å². The number of nitrogens with two attached hydrogens (primary N) is 1. The lowest BCUT2D eigenvalue weighted by molar-refractivity contribution is 0.291. The van der Waals surface area contributed by atoms with E-state index in [4.69, 9.17) is 10.6 Å². The van der Waals surface area contributed by atoms with Crippen LogP contribution in [0, 0.1) is 0 Å². The molecule has 0 saturated heterocycles. The van der Waals surface area contributed by atoms with E-state index in [0.717, 1.165) is 4.68 Å². The topological polar surface area (TPSA) is 83.0 Å². The Labute approximate surface area is 114 Å². The van der Waals surface area contributed by atoms with Crippen LogP contribution in [0.1, 0.15) is 5.82 Å². The molecule has 0 aliphatic carbocycles. The zero-order chi connectivity index (χ0) is 13.9. The van der Waals surface area contributed by atoms with Gasteiger partial charge in [-0.15, -0.1) is 0 Å². The van der Waals surface area contributed by atoms with Crippen molar-refractivity contribution in [3.8, 4) is 5.75 Å². The van der Waals surface area contributed by atoms with Gasteiger partial charge in [-0.05, 0) is 24.3 Å². The molecule has 0 saturated carbocycles. The highest BCUT2D eigenvalue weighted by atomic mass is 16.5. The SMILES string of the molecule is Nn1c(COc2ccccc2)nc2ncccc2c1=O. The maximum atomic E-state index is 12.1. The summed E-state index contributed by atoms with van der Waals surface area (Å²) in [6.07, 6.45) is 1.58. The molecule has 1 aromatic carbocycles. The number of pyridine rings is 1. The van der Waals surface area contributed by atoms with Gasteiger partial charge in [-0.1, -0.05) is 18.2 Å². The third-order valence-corrected chi connectivity index (χ3v) is 2.86. The lowest BCUT2D eigenvalue weighted by Gasteiger charge is -2.09. The third kappa shape index (κ3) is 2.18. The zero-order valence-electron chi connectivity index (χ0n) is 10.6. The van der Waals surface area contributed by atoms with E-state index in [1.165, 1.54) is 0 Å². The number of nitrogen functional groups attached to an aromatic ring is 1. The van der Waals surface area contributed by atoms with E-state index in [-0.39, 0.29) is 12.2 Å². The minimum absolute atomic E-state index is 0.0995. The second kappa shape index (κ2) is 5.00. The van der Waals surface area contributed by atoms with Gasteiger partial charge in [0.15, 0.2) is 11.5 Å². The predicted octanol–water partition coefficient (Wildman–Crippen LogP) is 1.08. The van der Waals surface area contributed by atoms with Crippen molar-refractivity contribution in [3.63, 3.8) is 0 Å². The van der Waals surface area contributed by atoms with Crippen LogP contribution in [-0.4, -0.2) is 14.6 Å². The standard InChI is InChI=1S/C14H12N4O2/c15-18-12(9-20-10-5-2-1-3-6-10)17-13-11(14(18)19)7-4-8-16-13/h1-8H,9,15H2. The molecule has 0 spiro atoms. The molecule has 0 amide bonds. The van der Waals surface area contributed by atoms with Crippen LogP contribution in [0.5, 0.6) is 5.75 Å². The third-order valence-electron chi connectivity index (χ3n) is 2.86. The fourth-order valence-corrected chi connectivity index (χ4v) is 1.84. The predicted molar refractivity (Wildman–Crippen MR) is 74.7 cm³/mol. The lowest BCUT2D eigenvalue weighted by atomic mass is 10.3. The molecule has 2 heterocycles. The van der Waals surface area contributed by atoms with E-state index in [0.29, 0.717) is 22.6 Å². The van der Waals surface area contributed by atoms with Gasteiger partial charge in [0, 0.05) is 6.20 Å². The average molecular weight is 268 g/mol. The van der Waals surface area contributed by atoms with E-state index in [1.807, 2.05) is 30.3 Å². The molecule has 0 bridgehead atoms. The van der Waals surface area contributed by atoms with Crippen LogP contribution in [0.25, 0.3) is 11.0 Å². The van der Waals surface area contributed by atoms with Crippen molar-refractivity contribution in [2.45, 2.75) is 6.61 Å². The molecule has 0 aliphatic rings. The van der Waals surface area contributed by atoms with Crippen molar-refractivity contribution in [1.29, 1.82) is 0 Å². The van der Waals surface area contributed by atoms with E-state index >= 15 is 0 Å². The molecular weight excluding hydrogens is 256 g/mol. The Balaban J connectivity index is 1.96. The van der Waals surface area contributed by atoms with Crippen LogP contribution in [0.3, 0.4) is 0 Å². The van der Waals surface area contributed by atoms with E-state index in [2.05, 4.69) is 9.97 Å². The number of aromatic nitrogens is 3. The van der Waals surface area contributed by atoms with E-state index < -0.39 is 0 Å². The summed E-state index contributed by atoms with van der Waals surface area (Å²) < 4.78 is 6.54. The van der Waals surface area contributed by atoms with Crippen molar-refractivity contribution >= 4 is 11.0 Å². The molecule has 20 heavy (non-hydrogen) atoms. The van der Waals surface area contributed by atoms with Crippen LogP contribution >= 0.6 is 0 Å². The van der Waals surface area contributed by atoms with Gasteiger partial charge < -0.3 is 10.6 Å². The molecule has 0 radical (unpaired) electrons. The van der Waals surface area contributed by atoms with Gasteiger partial charge in [-0.3, -0.25) is 4.79 Å². The Morgan fingerprint density at radius 3 is 2.75 bits per heavy atom. The number of fused-ring (bicyclic) bond motifs is 1. The Bertz CT molecular complexity index is 799. The molecule has 0 unspecified atom stereocenters. The summed E-state index contributed by atoms with van der Waals surface area (Å²) in [5, 5.41) is 0.387. The molecule has 2 N–H and O–H groups in total. The summed E-state index contributed by atoms with van der Waals surface area (Å²) in [5.74, 6) is 6.75. The first-order valence-electron chi connectivity index (χ1n) is 6.05. The first kappa shape index (κ1) is 12.2. The van der Waals surface area contributed by atoms with Crippen molar-refractivity contribution in [3.05, 3.63) is 64.8 Å². The summed E-state index contributed by atoms with van der Waals surface area (Å²) in [7, 11) is 0. The maximum absolute atomic E-state index is 12.1. The van der Waals surface area contributed by atoms with Gasteiger partial charge >= 0.3 is 0 Å². The summed E-state index contributed by atoms with van der Waals surface area (Å²) >= 11 is 0. The summed E-state index contributed by atoms with van der Waals surface area (Å²) in [5.41, 5.74) is 0.0284.